The fraction of sp³-hybridized carbons (Fsp3) is 0.538. The standard InChI is InChI=1S/C13H19NO3/c1-8(14)10-4-9-5-12(15-2)13(16-3)6-11(9)17-7-10/h5-6,8,10H,4,7,14H2,1-3H3/t8-,10?/m1/s1. The van der Waals surface area contributed by atoms with Crippen LogP contribution in [0.3, 0.4) is 0 Å². The molecule has 0 fully saturated rings. The van der Waals surface area contributed by atoms with Gasteiger partial charge in [0.05, 0.1) is 20.8 Å². The van der Waals surface area contributed by atoms with Crippen molar-refractivity contribution in [2.24, 2.45) is 11.7 Å². The van der Waals surface area contributed by atoms with Gasteiger partial charge in [0.2, 0.25) is 0 Å². The van der Waals surface area contributed by atoms with E-state index in [1.807, 2.05) is 19.1 Å². The van der Waals surface area contributed by atoms with Crippen LogP contribution in [-0.4, -0.2) is 26.9 Å². The fourth-order valence-electron chi connectivity index (χ4n) is 2.07. The summed E-state index contributed by atoms with van der Waals surface area (Å²) in [5.74, 6) is 2.67. The van der Waals surface area contributed by atoms with Crippen LogP contribution in [0.1, 0.15) is 12.5 Å². The van der Waals surface area contributed by atoms with Crippen molar-refractivity contribution < 1.29 is 14.2 Å². The Morgan fingerprint density at radius 1 is 1.29 bits per heavy atom. The molecule has 1 aromatic carbocycles. The van der Waals surface area contributed by atoms with Gasteiger partial charge in [-0.3, -0.25) is 0 Å². The molecule has 1 unspecified atom stereocenters. The van der Waals surface area contributed by atoms with Crippen LogP contribution < -0.4 is 19.9 Å². The minimum Gasteiger partial charge on any atom is -0.493 e. The van der Waals surface area contributed by atoms with Gasteiger partial charge in [-0.2, -0.15) is 0 Å². The Bertz CT molecular complexity index is 404. The zero-order valence-corrected chi connectivity index (χ0v) is 10.5. The van der Waals surface area contributed by atoms with Gasteiger partial charge in [0.15, 0.2) is 11.5 Å². The van der Waals surface area contributed by atoms with E-state index < -0.39 is 0 Å². The van der Waals surface area contributed by atoms with Gasteiger partial charge >= 0.3 is 0 Å². The smallest absolute Gasteiger partial charge is 0.164 e. The number of ether oxygens (including phenoxy) is 3. The van der Waals surface area contributed by atoms with E-state index in [9.17, 15) is 0 Å². The summed E-state index contributed by atoms with van der Waals surface area (Å²) >= 11 is 0. The van der Waals surface area contributed by atoms with E-state index >= 15 is 0 Å². The van der Waals surface area contributed by atoms with E-state index in [0.29, 0.717) is 18.3 Å². The van der Waals surface area contributed by atoms with Crippen LogP contribution in [0.5, 0.6) is 17.2 Å². The van der Waals surface area contributed by atoms with E-state index in [4.69, 9.17) is 19.9 Å². The molecule has 2 N–H and O–H groups in total. The van der Waals surface area contributed by atoms with Crippen molar-refractivity contribution >= 4 is 0 Å². The quantitative estimate of drug-likeness (QED) is 0.867. The van der Waals surface area contributed by atoms with E-state index in [0.717, 1.165) is 23.5 Å². The Hall–Kier alpha value is -1.42. The molecule has 1 aliphatic rings. The molecular formula is C13H19NO3. The van der Waals surface area contributed by atoms with Gasteiger partial charge in [-0.15, -0.1) is 0 Å². The Balaban J connectivity index is 2.32. The van der Waals surface area contributed by atoms with Crippen molar-refractivity contribution in [3.05, 3.63) is 17.7 Å². The molecule has 94 valence electrons. The first kappa shape index (κ1) is 12.0. The van der Waals surface area contributed by atoms with Gasteiger partial charge in [0.1, 0.15) is 5.75 Å². The summed E-state index contributed by atoms with van der Waals surface area (Å²) in [6, 6.07) is 3.99. The molecule has 2 rings (SSSR count). The zero-order chi connectivity index (χ0) is 12.4. The van der Waals surface area contributed by atoms with Crippen LogP contribution in [0.2, 0.25) is 0 Å². The first-order valence-corrected chi connectivity index (χ1v) is 5.79. The molecule has 1 aliphatic heterocycles. The average molecular weight is 237 g/mol. The highest BCUT2D eigenvalue weighted by molar-refractivity contribution is 5.51. The highest BCUT2D eigenvalue weighted by Gasteiger charge is 2.24. The molecule has 0 bridgehead atoms. The van der Waals surface area contributed by atoms with Crippen molar-refractivity contribution in [1.29, 1.82) is 0 Å². The second-order valence-corrected chi connectivity index (χ2v) is 4.45. The minimum absolute atomic E-state index is 0.135. The third kappa shape index (κ3) is 2.31. The van der Waals surface area contributed by atoms with E-state index in [1.165, 1.54) is 0 Å². The maximum absolute atomic E-state index is 5.91. The SMILES string of the molecule is COc1cc2c(cc1OC)OCC([C@@H](C)N)C2. The molecule has 0 aliphatic carbocycles. The highest BCUT2D eigenvalue weighted by atomic mass is 16.5. The molecular weight excluding hydrogens is 218 g/mol. The van der Waals surface area contributed by atoms with Gasteiger partial charge in [-0.05, 0) is 25.0 Å². The maximum Gasteiger partial charge on any atom is 0.164 e. The van der Waals surface area contributed by atoms with Gasteiger partial charge < -0.3 is 19.9 Å². The fourth-order valence-corrected chi connectivity index (χ4v) is 2.07. The Labute approximate surface area is 102 Å². The molecule has 0 aromatic heterocycles. The number of hydrogen-bond acceptors (Lipinski definition) is 4. The van der Waals surface area contributed by atoms with Crippen LogP contribution in [0.25, 0.3) is 0 Å². The third-order valence-corrected chi connectivity index (χ3v) is 3.25. The summed E-state index contributed by atoms with van der Waals surface area (Å²) in [7, 11) is 3.26. The number of hydrogen-bond donors (Lipinski definition) is 1. The predicted molar refractivity (Wildman–Crippen MR) is 65.9 cm³/mol. The molecule has 0 amide bonds. The van der Waals surface area contributed by atoms with Crippen molar-refractivity contribution in [2.45, 2.75) is 19.4 Å². The molecule has 17 heavy (non-hydrogen) atoms. The summed E-state index contributed by atoms with van der Waals surface area (Å²) in [5, 5.41) is 0. The first-order chi connectivity index (χ1) is 8.15. The normalized spacial score (nSPS) is 20.1. The number of nitrogens with two attached hydrogens (primary N) is 1. The minimum atomic E-state index is 0.135. The lowest BCUT2D eigenvalue weighted by molar-refractivity contribution is 0.202. The lowest BCUT2D eigenvalue weighted by Crippen LogP contribution is -2.35. The summed E-state index contributed by atoms with van der Waals surface area (Å²) in [6.45, 7) is 2.68. The Morgan fingerprint density at radius 2 is 1.94 bits per heavy atom. The topological polar surface area (TPSA) is 53.7 Å². The molecule has 1 heterocycles. The second-order valence-electron chi connectivity index (χ2n) is 4.45. The molecule has 4 nitrogen and oxygen atoms in total. The van der Waals surface area contributed by atoms with Crippen molar-refractivity contribution in [3.8, 4) is 17.2 Å². The number of methoxy groups -OCH3 is 2. The molecule has 0 saturated carbocycles. The molecule has 1 aromatic rings. The first-order valence-electron chi connectivity index (χ1n) is 5.79. The van der Waals surface area contributed by atoms with Gasteiger partial charge in [0.25, 0.3) is 0 Å². The molecule has 0 radical (unpaired) electrons. The molecule has 2 atom stereocenters. The largest absolute Gasteiger partial charge is 0.493 e. The molecule has 0 saturated heterocycles. The van der Waals surface area contributed by atoms with Crippen LogP contribution in [0.4, 0.5) is 0 Å². The van der Waals surface area contributed by atoms with Crippen molar-refractivity contribution in [2.75, 3.05) is 20.8 Å². The van der Waals surface area contributed by atoms with Crippen LogP contribution in [-0.2, 0) is 6.42 Å². The van der Waals surface area contributed by atoms with E-state index in [2.05, 4.69) is 0 Å². The summed E-state index contributed by atoms with van der Waals surface area (Å²) < 4.78 is 16.3. The van der Waals surface area contributed by atoms with Gasteiger partial charge in [-0.1, -0.05) is 0 Å². The van der Waals surface area contributed by atoms with Crippen LogP contribution >= 0.6 is 0 Å². The van der Waals surface area contributed by atoms with E-state index in [-0.39, 0.29) is 6.04 Å². The lowest BCUT2D eigenvalue weighted by atomic mass is 9.91. The second kappa shape index (κ2) is 4.84. The monoisotopic (exact) mass is 237 g/mol. The maximum atomic E-state index is 5.91. The zero-order valence-electron chi connectivity index (χ0n) is 10.5. The molecule has 0 spiro atoms. The van der Waals surface area contributed by atoms with Gasteiger partial charge in [0, 0.05) is 18.0 Å². The predicted octanol–water partition coefficient (Wildman–Crippen LogP) is 1.60. The lowest BCUT2D eigenvalue weighted by Gasteiger charge is -2.28. The summed E-state index contributed by atoms with van der Waals surface area (Å²) in [5.41, 5.74) is 7.05. The Kier molecular flexibility index (Phi) is 3.43. The van der Waals surface area contributed by atoms with Gasteiger partial charge in [-0.25, -0.2) is 0 Å². The summed E-state index contributed by atoms with van der Waals surface area (Å²) in [4.78, 5) is 0. The summed E-state index contributed by atoms with van der Waals surface area (Å²) in [6.07, 6.45) is 0.924. The van der Waals surface area contributed by atoms with Crippen LogP contribution in [0, 0.1) is 5.92 Å². The average Bonchev–Trinajstić information content (AvgIpc) is 2.36. The van der Waals surface area contributed by atoms with Crippen LogP contribution in [0.15, 0.2) is 12.1 Å². The van der Waals surface area contributed by atoms with Crippen molar-refractivity contribution in [1.82, 2.24) is 0 Å². The number of benzene rings is 1. The highest BCUT2D eigenvalue weighted by Crippen LogP contribution is 2.38. The number of rotatable bonds is 3. The number of fused-ring (bicyclic) bond motifs is 1. The van der Waals surface area contributed by atoms with E-state index in [1.54, 1.807) is 14.2 Å². The van der Waals surface area contributed by atoms with Crippen molar-refractivity contribution in [3.63, 3.8) is 0 Å². The molecule has 4 heteroatoms. The Morgan fingerprint density at radius 3 is 2.53 bits per heavy atom. The third-order valence-electron chi connectivity index (χ3n) is 3.25.